The number of aryl methyl sites for hydroxylation is 1. The van der Waals surface area contributed by atoms with Crippen molar-refractivity contribution in [1.82, 2.24) is 10.2 Å². The molecule has 0 aromatic heterocycles. The average Bonchev–Trinajstić information content (AvgIpc) is 2.41. The zero-order chi connectivity index (χ0) is 14.1. The lowest BCUT2D eigenvalue weighted by Gasteiger charge is -2.18. The van der Waals surface area contributed by atoms with Crippen molar-refractivity contribution in [3.05, 3.63) is 29.8 Å². The summed E-state index contributed by atoms with van der Waals surface area (Å²) in [7, 11) is 1.81. The van der Waals surface area contributed by atoms with E-state index < -0.39 is 0 Å². The second kappa shape index (κ2) is 8.53. The van der Waals surface area contributed by atoms with Crippen LogP contribution in [-0.4, -0.2) is 44.1 Å². The van der Waals surface area contributed by atoms with Gasteiger partial charge >= 0.3 is 0 Å². The van der Waals surface area contributed by atoms with Gasteiger partial charge in [-0.3, -0.25) is 4.79 Å². The van der Waals surface area contributed by atoms with E-state index in [1.807, 2.05) is 45.2 Å². The lowest BCUT2D eigenvalue weighted by Crippen LogP contribution is -2.33. The lowest BCUT2D eigenvalue weighted by atomic mass is 10.2. The minimum absolute atomic E-state index is 0.148. The van der Waals surface area contributed by atoms with Crippen LogP contribution in [0.5, 0.6) is 5.75 Å². The minimum atomic E-state index is 0.148. The Kier molecular flexibility index (Phi) is 6.97. The van der Waals surface area contributed by atoms with Gasteiger partial charge in [0.2, 0.25) is 5.91 Å². The maximum atomic E-state index is 11.8. The van der Waals surface area contributed by atoms with Crippen LogP contribution in [0.25, 0.3) is 0 Å². The van der Waals surface area contributed by atoms with Crippen molar-refractivity contribution in [2.24, 2.45) is 0 Å². The molecule has 1 amide bonds. The second-order valence-electron chi connectivity index (χ2n) is 4.53. The molecule has 0 atom stereocenters. The van der Waals surface area contributed by atoms with E-state index in [1.165, 1.54) is 0 Å². The standard InChI is InChI=1S/C15H24N2O2/c1-4-16-10-9-15(18)17(3)11-12-19-14-8-6-5-7-13(14)2/h5-8,16H,4,9-12H2,1-3H3. The highest BCUT2D eigenvalue weighted by Crippen LogP contribution is 2.15. The minimum Gasteiger partial charge on any atom is -0.491 e. The van der Waals surface area contributed by atoms with E-state index in [1.54, 1.807) is 4.90 Å². The molecule has 1 rings (SSSR count). The normalized spacial score (nSPS) is 10.3. The highest BCUT2D eigenvalue weighted by atomic mass is 16.5. The highest BCUT2D eigenvalue weighted by Gasteiger charge is 2.08. The van der Waals surface area contributed by atoms with Gasteiger partial charge in [-0.25, -0.2) is 0 Å². The van der Waals surface area contributed by atoms with Crippen LogP contribution in [0.4, 0.5) is 0 Å². The number of nitrogens with one attached hydrogen (secondary N) is 1. The van der Waals surface area contributed by atoms with E-state index in [-0.39, 0.29) is 5.91 Å². The molecule has 0 radical (unpaired) electrons. The molecule has 0 bridgehead atoms. The van der Waals surface area contributed by atoms with Crippen molar-refractivity contribution < 1.29 is 9.53 Å². The quantitative estimate of drug-likeness (QED) is 0.728. The van der Waals surface area contributed by atoms with Crippen molar-refractivity contribution in [2.75, 3.05) is 33.3 Å². The largest absolute Gasteiger partial charge is 0.491 e. The number of para-hydroxylation sites is 1. The Labute approximate surface area is 115 Å². The van der Waals surface area contributed by atoms with Gasteiger partial charge in [-0.05, 0) is 25.1 Å². The molecule has 106 valence electrons. The van der Waals surface area contributed by atoms with Gasteiger partial charge in [0.25, 0.3) is 0 Å². The molecule has 0 saturated carbocycles. The summed E-state index contributed by atoms with van der Waals surface area (Å²) in [6.07, 6.45) is 0.536. The topological polar surface area (TPSA) is 41.6 Å². The molecular weight excluding hydrogens is 240 g/mol. The van der Waals surface area contributed by atoms with Gasteiger partial charge in [0.1, 0.15) is 12.4 Å². The van der Waals surface area contributed by atoms with E-state index in [9.17, 15) is 4.79 Å². The number of carbonyl (C=O) groups excluding carboxylic acids is 1. The predicted molar refractivity (Wildman–Crippen MR) is 77.5 cm³/mol. The number of nitrogens with zero attached hydrogens (tertiary/aromatic N) is 1. The molecule has 1 N–H and O–H groups in total. The van der Waals surface area contributed by atoms with E-state index in [0.717, 1.165) is 24.4 Å². The number of ether oxygens (including phenoxy) is 1. The average molecular weight is 264 g/mol. The van der Waals surface area contributed by atoms with Gasteiger partial charge < -0.3 is 15.0 Å². The molecule has 0 unspecified atom stereocenters. The SMILES string of the molecule is CCNCCC(=O)N(C)CCOc1ccccc1C. The summed E-state index contributed by atoms with van der Waals surface area (Å²) in [6.45, 7) is 6.81. The third-order valence-corrected chi connectivity index (χ3v) is 2.97. The number of hydrogen-bond acceptors (Lipinski definition) is 3. The Hall–Kier alpha value is -1.55. The maximum Gasteiger partial charge on any atom is 0.223 e. The van der Waals surface area contributed by atoms with E-state index in [2.05, 4.69) is 5.32 Å². The number of benzene rings is 1. The first-order valence-corrected chi connectivity index (χ1v) is 6.78. The molecule has 0 fully saturated rings. The lowest BCUT2D eigenvalue weighted by molar-refractivity contribution is -0.130. The smallest absolute Gasteiger partial charge is 0.223 e. The van der Waals surface area contributed by atoms with Gasteiger partial charge in [-0.2, -0.15) is 0 Å². The molecule has 0 aliphatic heterocycles. The first-order chi connectivity index (χ1) is 9.15. The Morgan fingerprint density at radius 2 is 2.11 bits per heavy atom. The summed E-state index contributed by atoms with van der Waals surface area (Å²) in [5.41, 5.74) is 1.11. The Morgan fingerprint density at radius 1 is 1.37 bits per heavy atom. The molecule has 19 heavy (non-hydrogen) atoms. The van der Waals surface area contributed by atoms with Crippen molar-refractivity contribution in [1.29, 1.82) is 0 Å². The number of rotatable bonds is 8. The highest BCUT2D eigenvalue weighted by molar-refractivity contribution is 5.76. The molecule has 1 aromatic rings. The molecular formula is C15H24N2O2. The maximum absolute atomic E-state index is 11.8. The van der Waals surface area contributed by atoms with Crippen LogP contribution in [0.1, 0.15) is 18.9 Å². The van der Waals surface area contributed by atoms with Gasteiger partial charge in [0.05, 0.1) is 6.54 Å². The zero-order valence-corrected chi connectivity index (χ0v) is 12.1. The molecule has 4 nitrogen and oxygen atoms in total. The Balaban J connectivity index is 2.25. The Morgan fingerprint density at radius 3 is 2.79 bits per heavy atom. The van der Waals surface area contributed by atoms with Crippen LogP contribution in [0, 0.1) is 6.92 Å². The van der Waals surface area contributed by atoms with Gasteiger partial charge in [-0.1, -0.05) is 25.1 Å². The molecule has 0 aliphatic rings. The van der Waals surface area contributed by atoms with Gasteiger partial charge in [0, 0.05) is 20.0 Å². The van der Waals surface area contributed by atoms with Crippen LogP contribution in [0.15, 0.2) is 24.3 Å². The molecule has 0 spiro atoms. The van der Waals surface area contributed by atoms with Gasteiger partial charge in [0.15, 0.2) is 0 Å². The molecule has 0 aliphatic carbocycles. The molecule has 0 saturated heterocycles. The van der Waals surface area contributed by atoms with Crippen molar-refractivity contribution in [3.8, 4) is 5.75 Å². The van der Waals surface area contributed by atoms with E-state index in [0.29, 0.717) is 19.6 Å². The monoisotopic (exact) mass is 264 g/mol. The number of hydrogen-bond donors (Lipinski definition) is 1. The van der Waals surface area contributed by atoms with Gasteiger partial charge in [-0.15, -0.1) is 0 Å². The number of amides is 1. The van der Waals surface area contributed by atoms with Crippen LogP contribution >= 0.6 is 0 Å². The van der Waals surface area contributed by atoms with E-state index >= 15 is 0 Å². The van der Waals surface area contributed by atoms with E-state index in [4.69, 9.17) is 4.74 Å². The fourth-order valence-corrected chi connectivity index (χ4v) is 1.70. The third-order valence-electron chi connectivity index (χ3n) is 2.97. The number of likely N-dealkylation sites (N-methyl/N-ethyl adjacent to an activating group) is 1. The van der Waals surface area contributed by atoms with Crippen molar-refractivity contribution in [2.45, 2.75) is 20.3 Å². The van der Waals surface area contributed by atoms with Crippen LogP contribution in [-0.2, 0) is 4.79 Å². The Bertz CT molecular complexity index is 393. The molecule has 4 heteroatoms. The van der Waals surface area contributed by atoms with Crippen molar-refractivity contribution >= 4 is 5.91 Å². The predicted octanol–water partition coefficient (Wildman–Crippen LogP) is 1.83. The second-order valence-corrected chi connectivity index (χ2v) is 4.53. The van der Waals surface area contributed by atoms with Crippen molar-refractivity contribution in [3.63, 3.8) is 0 Å². The van der Waals surface area contributed by atoms with Crippen LogP contribution in [0.3, 0.4) is 0 Å². The summed E-state index contributed by atoms with van der Waals surface area (Å²) in [4.78, 5) is 13.5. The summed E-state index contributed by atoms with van der Waals surface area (Å²) >= 11 is 0. The summed E-state index contributed by atoms with van der Waals surface area (Å²) < 4.78 is 5.67. The first kappa shape index (κ1) is 15.5. The summed E-state index contributed by atoms with van der Waals surface area (Å²) in [6, 6.07) is 7.90. The fourth-order valence-electron chi connectivity index (χ4n) is 1.70. The van der Waals surface area contributed by atoms with Crippen LogP contribution in [0.2, 0.25) is 0 Å². The summed E-state index contributed by atoms with van der Waals surface area (Å²) in [5, 5.41) is 3.14. The zero-order valence-electron chi connectivity index (χ0n) is 12.1. The molecule has 0 heterocycles. The summed E-state index contributed by atoms with van der Waals surface area (Å²) in [5.74, 6) is 1.03. The fraction of sp³-hybridized carbons (Fsp3) is 0.533. The first-order valence-electron chi connectivity index (χ1n) is 6.78. The molecule has 1 aromatic carbocycles. The third kappa shape index (κ3) is 5.75. The van der Waals surface area contributed by atoms with Crippen LogP contribution < -0.4 is 10.1 Å². The number of carbonyl (C=O) groups is 1.